The summed E-state index contributed by atoms with van der Waals surface area (Å²) >= 11 is 0. The van der Waals surface area contributed by atoms with Crippen LogP contribution in [0.5, 0.6) is 5.75 Å². The van der Waals surface area contributed by atoms with Gasteiger partial charge in [-0.1, -0.05) is 31.2 Å². The third-order valence-electron chi connectivity index (χ3n) is 5.51. The number of hydrogen-bond donors (Lipinski definition) is 2. The van der Waals surface area contributed by atoms with E-state index in [1.54, 1.807) is 6.07 Å². The van der Waals surface area contributed by atoms with Crippen molar-refractivity contribution in [1.29, 1.82) is 0 Å². The predicted octanol–water partition coefficient (Wildman–Crippen LogP) is 3.36. The van der Waals surface area contributed by atoms with Crippen molar-refractivity contribution in [3.8, 4) is 5.75 Å². The third kappa shape index (κ3) is 6.53. The molecule has 1 amide bonds. The van der Waals surface area contributed by atoms with Crippen LogP contribution in [-0.4, -0.2) is 39.4 Å². The summed E-state index contributed by atoms with van der Waals surface area (Å²) < 4.78 is 33.8. The molecule has 168 valence electrons. The molecule has 0 unspecified atom stereocenters. The van der Waals surface area contributed by atoms with E-state index in [1.165, 1.54) is 44.6 Å². The molecular weight excluding hydrogens is 414 g/mol. The second-order valence-corrected chi connectivity index (χ2v) is 9.89. The van der Waals surface area contributed by atoms with Gasteiger partial charge in [0.2, 0.25) is 15.9 Å². The van der Waals surface area contributed by atoms with Crippen LogP contribution in [0.4, 0.5) is 5.69 Å². The molecule has 0 aliphatic carbocycles. The summed E-state index contributed by atoms with van der Waals surface area (Å²) in [6.07, 6.45) is 2.44. The van der Waals surface area contributed by atoms with E-state index in [2.05, 4.69) is 27.9 Å². The van der Waals surface area contributed by atoms with Gasteiger partial charge in [-0.05, 0) is 61.2 Å². The van der Waals surface area contributed by atoms with Crippen LogP contribution in [0.25, 0.3) is 0 Å². The number of anilines is 1. The minimum Gasteiger partial charge on any atom is -0.495 e. The number of piperidine rings is 1. The van der Waals surface area contributed by atoms with Crippen LogP contribution in [0.1, 0.15) is 37.8 Å². The van der Waals surface area contributed by atoms with Crippen molar-refractivity contribution in [3.63, 3.8) is 0 Å². The lowest BCUT2D eigenvalue weighted by Gasteiger charge is -2.30. The van der Waals surface area contributed by atoms with Crippen molar-refractivity contribution >= 4 is 21.6 Å². The first kappa shape index (κ1) is 23.2. The van der Waals surface area contributed by atoms with Crippen molar-refractivity contribution in [2.45, 2.75) is 44.7 Å². The first-order chi connectivity index (χ1) is 14.8. The number of nitrogens with one attached hydrogen (secondary N) is 2. The highest BCUT2D eigenvalue weighted by atomic mass is 32.2. The number of likely N-dealkylation sites (tertiary alicyclic amines) is 1. The number of carbonyl (C=O) groups is 1. The third-order valence-corrected chi connectivity index (χ3v) is 6.94. The molecule has 1 aliphatic heterocycles. The van der Waals surface area contributed by atoms with Crippen molar-refractivity contribution in [3.05, 3.63) is 53.6 Å². The fraction of sp³-hybridized carbons (Fsp3) is 0.435. The monoisotopic (exact) mass is 445 g/mol. The molecule has 2 N–H and O–H groups in total. The van der Waals surface area contributed by atoms with Gasteiger partial charge in [0.1, 0.15) is 10.6 Å². The van der Waals surface area contributed by atoms with Gasteiger partial charge in [0.15, 0.2) is 0 Å². The highest BCUT2D eigenvalue weighted by Gasteiger charge is 2.21. The zero-order valence-corrected chi connectivity index (χ0v) is 19.2. The van der Waals surface area contributed by atoms with E-state index in [0.29, 0.717) is 5.69 Å². The van der Waals surface area contributed by atoms with Gasteiger partial charge >= 0.3 is 0 Å². The van der Waals surface area contributed by atoms with E-state index < -0.39 is 10.0 Å². The first-order valence-electron chi connectivity index (χ1n) is 10.5. The number of benzene rings is 2. The Balaban J connectivity index is 1.69. The van der Waals surface area contributed by atoms with E-state index >= 15 is 0 Å². The average Bonchev–Trinajstić information content (AvgIpc) is 2.74. The maximum atomic E-state index is 12.9. The second kappa shape index (κ2) is 10.3. The van der Waals surface area contributed by atoms with Gasteiger partial charge in [-0.2, -0.15) is 0 Å². The van der Waals surface area contributed by atoms with Gasteiger partial charge in [-0.3, -0.25) is 9.69 Å². The molecule has 2 aromatic rings. The Hall–Kier alpha value is -2.42. The molecule has 1 aliphatic rings. The molecule has 0 bridgehead atoms. The maximum Gasteiger partial charge on any atom is 0.244 e. The number of ether oxygens (including phenoxy) is 1. The Morgan fingerprint density at radius 2 is 1.84 bits per heavy atom. The summed E-state index contributed by atoms with van der Waals surface area (Å²) in [6.45, 7) is 6.91. The fourth-order valence-electron chi connectivity index (χ4n) is 3.74. The van der Waals surface area contributed by atoms with Gasteiger partial charge in [0.05, 0.1) is 7.11 Å². The number of methoxy groups -OCH3 is 1. The molecule has 0 radical (unpaired) electrons. The fourth-order valence-corrected chi connectivity index (χ4v) is 4.95. The summed E-state index contributed by atoms with van der Waals surface area (Å²) in [5.74, 6) is 0.731. The van der Waals surface area contributed by atoms with E-state index in [1.807, 2.05) is 18.2 Å². The smallest absolute Gasteiger partial charge is 0.244 e. The molecule has 31 heavy (non-hydrogen) atoms. The average molecular weight is 446 g/mol. The molecule has 0 aromatic heterocycles. The van der Waals surface area contributed by atoms with Crippen molar-refractivity contribution in [2.75, 3.05) is 25.5 Å². The number of amides is 1. The first-order valence-corrected chi connectivity index (χ1v) is 12.0. The molecule has 0 saturated carbocycles. The SMILES string of the molecule is COc1ccc(NC(C)=O)cc1S(=O)(=O)NCc1cccc(CN2CCC(C)CC2)c1. The molecule has 1 fully saturated rings. The number of sulfonamides is 1. The van der Waals surface area contributed by atoms with Gasteiger partial charge < -0.3 is 10.1 Å². The number of rotatable bonds is 8. The van der Waals surface area contributed by atoms with Gasteiger partial charge in [-0.15, -0.1) is 0 Å². The lowest BCUT2D eigenvalue weighted by molar-refractivity contribution is -0.114. The Kier molecular flexibility index (Phi) is 7.69. The summed E-state index contributed by atoms with van der Waals surface area (Å²) in [4.78, 5) is 13.8. The van der Waals surface area contributed by atoms with Gasteiger partial charge in [0, 0.05) is 25.7 Å². The van der Waals surface area contributed by atoms with Crippen LogP contribution < -0.4 is 14.8 Å². The van der Waals surface area contributed by atoms with Crippen molar-refractivity contribution < 1.29 is 17.9 Å². The Morgan fingerprint density at radius 1 is 1.13 bits per heavy atom. The summed E-state index contributed by atoms with van der Waals surface area (Å²) in [5.41, 5.74) is 2.46. The minimum absolute atomic E-state index is 0.0140. The van der Waals surface area contributed by atoms with Crippen LogP contribution in [0.2, 0.25) is 0 Å². The highest BCUT2D eigenvalue weighted by molar-refractivity contribution is 7.89. The molecule has 2 aromatic carbocycles. The zero-order valence-electron chi connectivity index (χ0n) is 18.3. The lowest BCUT2D eigenvalue weighted by atomic mass is 9.98. The largest absolute Gasteiger partial charge is 0.495 e. The van der Waals surface area contributed by atoms with E-state index in [-0.39, 0.29) is 23.1 Å². The van der Waals surface area contributed by atoms with Crippen LogP contribution in [0.15, 0.2) is 47.4 Å². The van der Waals surface area contributed by atoms with Crippen LogP contribution in [0, 0.1) is 5.92 Å². The van der Waals surface area contributed by atoms with Crippen LogP contribution in [-0.2, 0) is 27.9 Å². The molecule has 3 rings (SSSR count). The van der Waals surface area contributed by atoms with Crippen molar-refractivity contribution in [1.82, 2.24) is 9.62 Å². The van der Waals surface area contributed by atoms with E-state index in [4.69, 9.17) is 4.74 Å². The van der Waals surface area contributed by atoms with E-state index in [0.717, 1.165) is 31.1 Å². The van der Waals surface area contributed by atoms with Gasteiger partial charge in [0.25, 0.3) is 0 Å². The molecule has 1 saturated heterocycles. The summed E-state index contributed by atoms with van der Waals surface area (Å²) in [6, 6.07) is 12.5. The molecule has 7 nitrogen and oxygen atoms in total. The molecule has 0 spiro atoms. The molecule has 8 heteroatoms. The van der Waals surface area contributed by atoms with Crippen LogP contribution >= 0.6 is 0 Å². The topological polar surface area (TPSA) is 87.7 Å². The lowest BCUT2D eigenvalue weighted by Crippen LogP contribution is -2.32. The number of nitrogens with zero attached hydrogens (tertiary/aromatic N) is 1. The normalized spacial score (nSPS) is 15.6. The summed E-state index contributed by atoms with van der Waals surface area (Å²) in [7, 11) is -2.43. The second-order valence-electron chi connectivity index (χ2n) is 8.15. The maximum absolute atomic E-state index is 12.9. The predicted molar refractivity (Wildman–Crippen MR) is 121 cm³/mol. The van der Waals surface area contributed by atoms with E-state index in [9.17, 15) is 13.2 Å². The Bertz CT molecular complexity index is 1020. The molecular formula is C23H31N3O4S. The standard InChI is InChI=1S/C23H31N3O4S/c1-17-9-11-26(12-10-17)16-20-6-4-5-19(13-20)15-24-31(28,29)23-14-21(25-18(2)27)7-8-22(23)30-3/h4-8,13-14,17,24H,9-12,15-16H2,1-3H3,(H,25,27). The quantitative estimate of drug-likeness (QED) is 0.651. The van der Waals surface area contributed by atoms with Crippen LogP contribution in [0.3, 0.4) is 0 Å². The number of carbonyl (C=O) groups excluding carboxylic acids is 1. The molecule has 1 heterocycles. The molecule has 0 atom stereocenters. The number of hydrogen-bond acceptors (Lipinski definition) is 5. The summed E-state index contributed by atoms with van der Waals surface area (Å²) in [5, 5.41) is 2.60. The Labute approximate surface area is 184 Å². The zero-order chi connectivity index (χ0) is 22.4. The van der Waals surface area contributed by atoms with Crippen molar-refractivity contribution in [2.24, 2.45) is 5.92 Å². The van der Waals surface area contributed by atoms with Gasteiger partial charge in [-0.25, -0.2) is 13.1 Å². The Morgan fingerprint density at radius 3 is 2.52 bits per heavy atom. The minimum atomic E-state index is -3.84. The highest BCUT2D eigenvalue weighted by Crippen LogP contribution is 2.27.